The Kier molecular flexibility index (Phi) is 1.75. The van der Waals surface area contributed by atoms with E-state index < -0.39 is 0 Å². The second-order valence-corrected chi connectivity index (χ2v) is 2.98. The van der Waals surface area contributed by atoms with Crippen LogP contribution in [0.25, 0.3) is 0 Å². The molecule has 2 unspecified atom stereocenters. The monoisotopic (exact) mass is 130 g/mol. The summed E-state index contributed by atoms with van der Waals surface area (Å²) in [5, 5.41) is 12.3. The van der Waals surface area contributed by atoms with Crippen LogP contribution in [0.3, 0.4) is 0 Å². The van der Waals surface area contributed by atoms with Gasteiger partial charge in [-0.1, -0.05) is 0 Å². The van der Waals surface area contributed by atoms with Gasteiger partial charge in [0.2, 0.25) is 0 Å². The van der Waals surface area contributed by atoms with Gasteiger partial charge in [0, 0.05) is 12.1 Å². The smallest absolute Gasteiger partial charge is 0.0841 e. The van der Waals surface area contributed by atoms with Crippen molar-refractivity contribution in [2.45, 2.75) is 25.0 Å². The summed E-state index contributed by atoms with van der Waals surface area (Å²) in [6.45, 7) is 3.44. The number of piperidine rings is 1. The predicted octanol–water partition coefficient (Wildman–Crippen LogP) is -0.942. The zero-order valence-electron chi connectivity index (χ0n) is 5.72. The van der Waals surface area contributed by atoms with E-state index in [1.54, 1.807) is 0 Å². The van der Waals surface area contributed by atoms with E-state index in [2.05, 4.69) is 5.32 Å². The number of hydrogen-bond acceptors (Lipinski definition) is 3. The minimum Gasteiger partial charge on any atom is -0.390 e. The molecule has 0 bridgehead atoms. The topological polar surface area (TPSA) is 58.3 Å². The van der Waals surface area contributed by atoms with E-state index in [9.17, 15) is 5.11 Å². The van der Waals surface area contributed by atoms with Crippen LogP contribution < -0.4 is 11.1 Å². The van der Waals surface area contributed by atoms with Gasteiger partial charge in [-0.05, 0) is 19.9 Å². The molecule has 0 aromatic heterocycles. The summed E-state index contributed by atoms with van der Waals surface area (Å²) < 4.78 is 0. The molecule has 9 heavy (non-hydrogen) atoms. The average molecular weight is 130 g/mol. The molecular formula is C6H14N2O. The second kappa shape index (κ2) is 2.25. The molecule has 1 aliphatic rings. The standard InChI is InChI=1S/C6H14N2O/c1-6(7)2-3-8-4-5(6)9/h5,8-9H,2-4,7H2,1H3. The number of nitrogens with two attached hydrogens (primary N) is 1. The number of β-amino-alcohol motifs (C(OH)–C–C–N with tert-alkyl or cyclic N) is 1. The third kappa shape index (κ3) is 1.41. The molecule has 1 fully saturated rings. The number of aliphatic hydroxyl groups is 1. The van der Waals surface area contributed by atoms with Gasteiger partial charge in [-0.25, -0.2) is 0 Å². The third-order valence-corrected chi connectivity index (χ3v) is 1.94. The third-order valence-electron chi connectivity index (χ3n) is 1.94. The lowest BCUT2D eigenvalue weighted by Gasteiger charge is -2.35. The predicted molar refractivity (Wildman–Crippen MR) is 36.1 cm³/mol. The minimum atomic E-state index is -0.383. The molecule has 0 amide bonds. The van der Waals surface area contributed by atoms with Gasteiger partial charge in [-0.15, -0.1) is 0 Å². The zero-order valence-corrected chi connectivity index (χ0v) is 5.72. The lowest BCUT2D eigenvalue weighted by molar-refractivity contribution is 0.0689. The highest BCUT2D eigenvalue weighted by Crippen LogP contribution is 2.13. The molecule has 2 atom stereocenters. The summed E-state index contributed by atoms with van der Waals surface area (Å²) in [5.74, 6) is 0. The maximum absolute atomic E-state index is 9.25. The van der Waals surface area contributed by atoms with Gasteiger partial charge in [0.1, 0.15) is 0 Å². The molecular weight excluding hydrogens is 116 g/mol. The van der Waals surface area contributed by atoms with E-state index in [-0.39, 0.29) is 11.6 Å². The first-order valence-corrected chi connectivity index (χ1v) is 3.30. The molecule has 0 saturated carbocycles. The van der Waals surface area contributed by atoms with Crippen LogP contribution in [0.4, 0.5) is 0 Å². The summed E-state index contributed by atoms with van der Waals surface area (Å²) in [5.41, 5.74) is 5.36. The molecule has 3 heteroatoms. The van der Waals surface area contributed by atoms with Gasteiger partial charge in [0.25, 0.3) is 0 Å². The fourth-order valence-corrected chi connectivity index (χ4v) is 0.996. The van der Waals surface area contributed by atoms with Crippen molar-refractivity contribution in [1.29, 1.82) is 0 Å². The summed E-state index contributed by atoms with van der Waals surface area (Å²) in [6, 6.07) is 0. The molecule has 0 aromatic carbocycles. The van der Waals surface area contributed by atoms with Crippen LogP contribution in [0.15, 0.2) is 0 Å². The Balaban J connectivity index is 2.49. The first-order chi connectivity index (χ1) is 4.13. The maximum atomic E-state index is 9.25. The van der Waals surface area contributed by atoms with Crippen molar-refractivity contribution in [3.63, 3.8) is 0 Å². The van der Waals surface area contributed by atoms with Crippen molar-refractivity contribution in [2.75, 3.05) is 13.1 Å². The van der Waals surface area contributed by atoms with Crippen molar-refractivity contribution in [3.8, 4) is 0 Å². The van der Waals surface area contributed by atoms with Gasteiger partial charge in [-0.2, -0.15) is 0 Å². The molecule has 4 N–H and O–H groups in total. The SMILES string of the molecule is CC1(N)CCNCC1O. The van der Waals surface area contributed by atoms with Crippen LogP contribution in [-0.2, 0) is 0 Å². The van der Waals surface area contributed by atoms with Crippen LogP contribution in [0.1, 0.15) is 13.3 Å². The summed E-state index contributed by atoms with van der Waals surface area (Å²) in [4.78, 5) is 0. The fourth-order valence-electron chi connectivity index (χ4n) is 0.996. The van der Waals surface area contributed by atoms with Crippen molar-refractivity contribution in [3.05, 3.63) is 0 Å². The van der Waals surface area contributed by atoms with Crippen molar-refractivity contribution in [1.82, 2.24) is 5.32 Å². The normalized spacial score (nSPS) is 45.0. The van der Waals surface area contributed by atoms with Crippen LogP contribution in [0.5, 0.6) is 0 Å². The van der Waals surface area contributed by atoms with E-state index in [0.29, 0.717) is 6.54 Å². The Morgan fingerprint density at radius 3 is 2.78 bits per heavy atom. The molecule has 1 rings (SSSR count). The Hall–Kier alpha value is -0.120. The molecule has 54 valence electrons. The molecule has 1 aliphatic heterocycles. The molecule has 1 heterocycles. The molecule has 0 radical (unpaired) electrons. The van der Waals surface area contributed by atoms with E-state index in [1.807, 2.05) is 6.92 Å². The van der Waals surface area contributed by atoms with Gasteiger partial charge in [0.15, 0.2) is 0 Å². The van der Waals surface area contributed by atoms with Gasteiger partial charge < -0.3 is 16.2 Å². The Labute approximate surface area is 55.2 Å². The van der Waals surface area contributed by atoms with Crippen LogP contribution >= 0.6 is 0 Å². The number of aliphatic hydroxyl groups excluding tert-OH is 1. The van der Waals surface area contributed by atoms with Crippen molar-refractivity contribution >= 4 is 0 Å². The number of rotatable bonds is 0. The van der Waals surface area contributed by atoms with Gasteiger partial charge >= 0.3 is 0 Å². The van der Waals surface area contributed by atoms with Gasteiger partial charge in [0.05, 0.1) is 6.10 Å². The average Bonchev–Trinajstić information content (AvgIpc) is 1.77. The first kappa shape index (κ1) is 6.99. The lowest BCUT2D eigenvalue weighted by Crippen LogP contribution is -2.57. The molecule has 0 spiro atoms. The molecule has 3 nitrogen and oxygen atoms in total. The van der Waals surface area contributed by atoms with Crippen LogP contribution in [0.2, 0.25) is 0 Å². The summed E-state index contributed by atoms with van der Waals surface area (Å²) in [7, 11) is 0. The number of nitrogens with one attached hydrogen (secondary N) is 1. The van der Waals surface area contributed by atoms with E-state index in [1.165, 1.54) is 0 Å². The summed E-state index contributed by atoms with van der Waals surface area (Å²) in [6.07, 6.45) is 0.472. The van der Waals surface area contributed by atoms with E-state index in [0.717, 1.165) is 13.0 Å². The zero-order chi connectivity index (χ0) is 6.91. The Bertz CT molecular complexity index is 103. The maximum Gasteiger partial charge on any atom is 0.0841 e. The largest absolute Gasteiger partial charge is 0.390 e. The van der Waals surface area contributed by atoms with Crippen LogP contribution in [0, 0.1) is 0 Å². The summed E-state index contributed by atoms with van der Waals surface area (Å²) >= 11 is 0. The number of hydrogen-bond donors (Lipinski definition) is 3. The second-order valence-electron chi connectivity index (χ2n) is 2.98. The lowest BCUT2D eigenvalue weighted by atomic mass is 9.89. The van der Waals surface area contributed by atoms with Gasteiger partial charge in [-0.3, -0.25) is 0 Å². The van der Waals surface area contributed by atoms with Crippen molar-refractivity contribution < 1.29 is 5.11 Å². The quantitative estimate of drug-likeness (QED) is 0.396. The highest BCUT2D eigenvalue weighted by Gasteiger charge is 2.30. The molecule has 1 saturated heterocycles. The molecule has 0 aromatic rings. The van der Waals surface area contributed by atoms with Crippen molar-refractivity contribution in [2.24, 2.45) is 5.73 Å². The first-order valence-electron chi connectivity index (χ1n) is 3.30. The van der Waals surface area contributed by atoms with E-state index >= 15 is 0 Å². The highest BCUT2D eigenvalue weighted by atomic mass is 16.3. The minimum absolute atomic E-state index is 0.370. The van der Waals surface area contributed by atoms with Crippen LogP contribution in [-0.4, -0.2) is 29.8 Å². The van der Waals surface area contributed by atoms with E-state index in [4.69, 9.17) is 5.73 Å². The highest BCUT2D eigenvalue weighted by molar-refractivity contribution is 4.92. The Morgan fingerprint density at radius 1 is 1.78 bits per heavy atom. The molecule has 0 aliphatic carbocycles. The Morgan fingerprint density at radius 2 is 2.44 bits per heavy atom. The fraction of sp³-hybridized carbons (Fsp3) is 1.00.